The van der Waals surface area contributed by atoms with Gasteiger partial charge in [-0.3, -0.25) is 9.59 Å². The number of hydrogen-bond acceptors (Lipinski definition) is 4. The van der Waals surface area contributed by atoms with Crippen molar-refractivity contribution in [2.24, 2.45) is 11.8 Å². The van der Waals surface area contributed by atoms with Gasteiger partial charge in [-0.05, 0) is 43.0 Å². The fraction of sp³-hybridized carbons (Fsp3) is 0.481. The van der Waals surface area contributed by atoms with Crippen molar-refractivity contribution in [3.8, 4) is 5.75 Å². The lowest BCUT2D eigenvalue weighted by atomic mass is 9.77. The molecule has 0 spiro atoms. The molecule has 5 rings (SSSR count). The van der Waals surface area contributed by atoms with Crippen LogP contribution in [-0.2, 0) is 16.0 Å². The summed E-state index contributed by atoms with van der Waals surface area (Å²) >= 11 is 0. The summed E-state index contributed by atoms with van der Waals surface area (Å²) in [5, 5.41) is 0. The van der Waals surface area contributed by atoms with E-state index < -0.39 is 0 Å². The normalized spacial score (nSPS) is 22.8. The average Bonchev–Trinajstić information content (AvgIpc) is 3.32. The van der Waals surface area contributed by atoms with Crippen molar-refractivity contribution < 1.29 is 14.3 Å². The van der Waals surface area contributed by atoms with Crippen LogP contribution in [0.1, 0.15) is 31.2 Å². The fourth-order valence-corrected chi connectivity index (χ4v) is 5.78. The topological polar surface area (TPSA) is 53.1 Å². The molecule has 0 N–H and O–H groups in total. The van der Waals surface area contributed by atoms with Gasteiger partial charge in [0.1, 0.15) is 5.75 Å². The number of methoxy groups -OCH3 is 1. The van der Waals surface area contributed by atoms with E-state index in [1.165, 1.54) is 5.56 Å². The van der Waals surface area contributed by atoms with Gasteiger partial charge in [-0.15, -0.1) is 0 Å². The number of hydrogen-bond donors (Lipinski definition) is 0. The molecule has 1 saturated heterocycles. The zero-order valence-electron chi connectivity index (χ0n) is 19.4. The van der Waals surface area contributed by atoms with Gasteiger partial charge in [0.2, 0.25) is 11.8 Å². The molecule has 2 atom stereocenters. The van der Waals surface area contributed by atoms with Crippen molar-refractivity contribution >= 4 is 23.2 Å². The maximum Gasteiger partial charge on any atom is 0.230 e. The van der Waals surface area contributed by atoms with E-state index >= 15 is 0 Å². The molecule has 2 unspecified atom stereocenters. The smallest absolute Gasteiger partial charge is 0.230 e. The molecule has 6 heteroatoms. The van der Waals surface area contributed by atoms with E-state index in [9.17, 15) is 9.59 Å². The van der Waals surface area contributed by atoms with Gasteiger partial charge < -0.3 is 19.4 Å². The molecular weight excluding hydrogens is 414 g/mol. The SMILES string of the molecule is COc1ccccc1N1CCN(C(=O)C2CCCCC2C(=O)N2CCc3ccccc32)CC1. The maximum atomic E-state index is 13.6. The van der Waals surface area contributed by atoms with E-state index in [-0.39, 0.29) is 23.7 Å². The van der Waals surface area contributed by atoms with E-state index in [1.807, 2.05) is 46.2 Å². The Bertz CT molecular complexity index is 1020. The van der Waals surface area contributed by atoms with Crippen LogP contribution in [0.3, 0.4) is 0 Å². The highest BCUT2D eigenvalue weighted by atomic mass is 16.5. The Hall–Kier alpha value is -3.02. The number of para-hydroxylation sites is 3. The highest BCUT2D eigenvalue weighted by molar-refractivity contribution is 5.99. The first-order valence-electron chi connectivity index (χ1n) is 12.2. The van der Waals surface area contributed by atoms with Crippen molar-refractivity contribution in [1.82, 2.24) is 4.90 Å². The van der Waals surface area contributed by atoms with Crippen molar-refractivity contribution in [2.45, 2.75) is 32.1 Å². The van der Waals surface area contributed by atoms with E-state index in [1.54, 1.807) is 7.11 Å². The van der Waals surface area contributed by atoms with Crippen molar-refractivity contribution in [1.29, 1.82) is 0 Å². The summed E-state index contributed by atoms with van der Waals surface area (Å²) < 4.78 is 5.52. The first kappa shape index (κ1) is 21.8. The number of piperazine rings is 1. The summed E-state index contributed by atoms with van der Waals surface area (Å²) in [4.78, 5) is 33.4. The monoisotopic (exact) mass is 447 g/mol. The highest BCUT2D eigenvalue weighted by Crippen LogP contribution is 2.37. The first-order chi connectivity index (χ1) is 16.2. The first-order valence-corrected chi connectivity index (χ1v) is 12.2. The third-order valence-corrected chi connectivity index (χ3v) is 7.57. The molecule has 0 bridgehead atoms. The number of fused-ring (bicyclic) bond motifs is 1. The Labute approximate surface area is 196 Å². The number of rotatable bonds is 4. The van der Waals surface area contributed by atoms with E-state index in [4.69, 9.17) is 4.74 Å². The molecule has 0 radical (unpaired) electrons. The van der Waals surface area contributed by atoms with Gasteiger partial charge in [-0.25, -0.2) is 0 Å². The van der Waals surface area contributed by atoms with Gasteiger partial charge in [0.05, 0.1) is 18.7 Å². The number of benzene rings is 2. The Balaban J connectivity index is 1.26. The molecule has 2 heterocycles. The fourth-order valence-electron chi connectivity index (χ4n) is 5.78. The quantitative estimate of drug-likeness (QED) is 0.717. The van der Waals surface area contributed by atoms with Crippen LogP contribution in [0.25, 0.3) is 0 Å². The number of amides is 2. The lowest BCUT2D eigenvalue weighted by Gasteiger charge is -2.40. The van der Waals surface area contributed by atoms with Crippen molar-refractivity contribution in [3.63, 3.8) is 0 Å². The predicted octanol–water partition coefficient (Wildman–Crippen LogP) is 3.74. The second kappa shape index (κ2) is 9.46. The van der Waals surface area contributed by atoms with Gasteiger partial charge in [-0.2, -0.15) is 0 Å². The van der Waals surface area contributed by atoms with Crippen molar-refractivity contribution in [3.05, 3.63) is 54.1 Å². The highest BCUT2D eigenvalue weighted by Gasteiger charge is 2.41. The standard InChI is InChI=1S/C27H33N3O3/c1-33-25-13-7-6-12-24(25)28-16-18-29(19-17-28)26(31)21-9-3-4-10-22(21)27(32)30-15-14-20-8-2-5-11-23(20)30/h2,5-8,11-13,21-22H,3-4,9-10,14-19H2,1H3. The molecule has 33 heavy (non-hydrogen) atoms. The molecule has 6 nitrogen and oxygen atoms in total. The Morgan fingerprint density at radius 1 is 0.788 bits per heavy atom. The van der Waals surface area contributed by atoms with Crippen molar-refractivity contribution in [2.75, 3.05) is 49.6 Å². The minimum atomic E-state index is -0.204. The van der Waals surface area contributed by atoms with Crippen LogP contribution >= 0.6 is 0 Å². The minimum absolute atomic E-state index is 0.144. The summed E-state index contributed by atoms with van der Waals surface area (Å²) in [6.07, 6.45) is 4.58. The van der Waals surface area contributed by atoms with E-state index in [0.717, 1.165) is 68.9 Å². The van der Waals surface area contributed by atoms with Crippen LogP contribution in [0.2, 0.25) is 0 Å². The van der Waals surface area contributed by atoms with Gasteiger partial charge in [-0.1, -0.05) is 43.2 Å². The number of carbonyl (C=O) groups excluding carboxylic acids is 2. The summed E-state index contributed by atoms with van der Waals surface area (Å²) in [6.45, 7) is 3.64. The van der Waals surface area contributed by atoms with E-state index in [0.29, 0.717) is 13.1 Å². The number of carbonyl (C=O) groups is 2. The molecule has 1 saturated carbocycles. The average molecular weight is 448 g/mol. The van der Waals surface area contributed by atoms with Gasteiger partial charge in [0.15, 0.2) is 0 Å². The second-order valence-corrected chi connectivity index (χ2v) is 9.35. The lowest BCUT2D eigenvalue weighted by molar-refractivity contribution is -0.143. The second-order valence-electron chi connectivity index (χ2n) is 9.35. The molecule has 2 aliphatic heterocycles. The van der Waals surface area contributed by atoms with Crippen LogP contribution < -0.4 is 14.5 Å². The van der Waals surface area contributed by atoms with Gasteiger partial charge >= 0.3 is 0 Å². The summed E-state index contributed by atoms with van der Waals surface area (Å²) in [5.41, 5.74) is 3.34. The third kappa shape index (κ3) is 4.19. The van der Waals surface area contributed by atoms with Gasteiger partial charge in [0.25, 0.3) is 0 Å². The molecule has 2 fully saturated rings. The van der Waals surface area contributed by atoms with Crippen LogP contribution in [-0.4, -0.2) is 56.5 Å². The predicted molar refractivity (Wildman–Crippen MR) is 130 cm³/mol. The van der Waals surface area contributed by atoms with Crippen LogP contribution in [0.5, 0.6) is 5.75 Å². The van der Waals surface area contributed by atoms with E-state index in [2.05, 4.69) is 17.0 Å². The Kier molecular flexibility index (Phi) is 6.25. The third-order valence-electron chi connectivity index (χ3n) is 7.57. The Morgan fingerprint density at radius 3 is 2.15 bits per heavy atom. The number of ether oxygens (including phenoxy) is 1. The number of anilines is 2. The van der Waals surface area contributed by atoms with Crippen LogP contribution in [0.4, 0.5) is 11.4 Å². The minimum Gasteiger partial charge on any atom is -0.495 e. The Morgan fingerprint density at radius 2 is 1.42 bits per heavy atom. The molecule has 2 amide bonds. The zero-order valence-corrected chi connectivity index (χ0v) is 19.4. The molecule has 2 aromatic carbocycles. The zero-order chi connectivity index (χ0) is 22.8. The number of nitrogens with zero attached hydrogens (tertiary/aromatic N) is 3. The molecule has 174 valence electrons. The molecular formula is C27H33N3O3. The summed E-state index contributed by atoms with van der Waals surface area (Å²) in [5.74, 6) is 0.772. The largest absolute Gasteiger partial charge is 0.495 e. The lowest BCUT2D eigenvalue weighted by Crippen LogP contribution is -2.53. The summed E-state index contributed by atoms with van der Waals surface area (Å²) in [7, 11) is 1.69. The van der Waals surface area contributed by atoms with Gasteiger partial charge in [0, 0.05) is 44.3 Å². The van der Waals surface area contributed by atoms with Crippen LogP contribution in [0.15, 0.2) is 48.5 Å². The maximum absolute atomic E-state index is 13.6. The molecule has 1 aliphatic carbocycles. The molecule has 2 aromatic rings. The van der Waals surface area contributed by atoms with Crippen LogP contribution in [0, 0.1) is 11.8 Å². The molecule has 0 aromatic heterocycles. The molecule has 3 aliphatic rings. The summed E-state index contributed by atoms with van der Waals surface area (Å²) in [6, 6.07) is 16.2.